The van der Waals surface area contributed by atoms with E-state index in [-0.39, 0.29) is 10.8 Å². The van der Waals surface area contributed by atoms with Crippen molar-refractivity contribution in [2.45, 2.75) is 30.6 Å². The van der Waals surface area contributed by atoms with Gasteiger partial charge in [-0.15, -0.1) is 0 Å². The minimum Gasteiger partial charge on any atom is -0.496 e. The van der Waals surface area contributed by atoms with Crippen molar-refractivity contribution in [2.24, 2.45) is 7.05 Å². The van der Waals surface area contributed by atoms with E-state index in [2.05, 4.69) is 5.10 Å². The lowest BCUT2D eigenvalue weighted by atomic mass is 9.95. The van der Waals surface area contributed by atoms with Crippen LogP contribution in [0, 0.1) is 6.92 Å². The van der Waals surface area contributed by atoms with Crippen molar-refractivity contribution in [1.29, 1.82) is 0 Å². The highest BCUT2D eigenvalue weighted by atomic mass is 32.2. The van der Waals surface area contributed by atoms with Gasteiger partial charge in [-0.3, -0.25) is 9.67 Å². The molecular weight excluding hydrogens is 400 g/mol. The van der Waals surface area contributed by atoms with Gasteiger partial charge in [-0.1, -0.05) is 18.2 Å². The Bertz CT molecular complexity index is 1160. The van der Waals surface area contributed by atoms with Gasteiger partial charge in [0.15, 0.2) is 0 Å². The van der Waals surface area contributed by atoms with Crippen LogP contribution < -0.4 is 4.74 Å². The van der Waals surface area contributed by atoms with Crippen molar-refractivity contribution >= 4 is 10.0 Å². The minimum atomic E-state index is -3.58. The Morgan fingerprint density at radius 1 is 1.13 bits per heavy atom. The number of rotatable bonds is 5. The molecule has 0 saturated carbocycles. The number of piperidine rings is 1. The Morgan fingerprint density at radius 2 is 1.93 bits per heavy atom. The summed E-state index contributed by atoms with van der Waals surface area (Å²) in [6, 6.07) is 13.7. The zero-order valence-electron chi connectivity index (χ0n) is 17.4. The Kier molecular flexibility index (Phi) is 5.62. The Hall–Kier alpha value is -2.71. The predicted octanol–water partition coefficient (Wildman–Crippen LogP) is 3.37. The van der Waals surface area contributed by atoms with Gasteiger partial charge in [0.25, 0.3) is 0 Å². The molecule has 8 heteroatoms. The fourth-order valence-corrected chi connectivity index (χ4v) is 5.78. The van der Waals surface area contributed by atoms with E-state index >= 15 is 0 Å². The lowest BCUT2D eigenvalue weighted by Gasteiger charge is -2.31. The molecule has 3 aromatic rings. The van der Waals surface area contributed by atoms with E-state index in [4.69, 9.17) is 9.72 Å². The number of benzene rings is 1. The average Bonchev–Trinajstić information content (AvgIpc) is 3.12. The first kappa shape index (κ1) is 20.6. The molecule has 1 fully saturated rings. The number of nitrogens with zero attached hydrogens (tertiary/aromatic N) is 4. The summed E-state index contributed by atoms with van der Waals surface area (Å²) >= 11 is 0. The van der Waals surface area contributed by atoms with Crippen LogP contribution in [0.3, 0.4) is 0 Å². The molecule has 1 aromatic carbocycles. The number of ether oxygens (including phenoxy) is 1. The first-order chi connectivity index (χ1) is 14.4. The highest BCUT2D eigenvalue weighted by molar-refractivity contribution is 7.89. The van der Waals surface area contributed by atoms with Crippen LogP contribution in [0.15, 0.2) is 53.6 Å². The average molecular weight is 427 g/mol. The molecule has 0 aliphatic carbocycles. The fraction of sp³-hybridized carbons (Fsp3) is 0.364. The fourth-order valence-electron chi connectivity index (χ4n) is 4.06. The van der Waals surface area contributed by atoms with Crippen LogP contribution in [0.1, 0.15) is 30.1 Å². The van der Waals surface area contributed by atoms with Gasteiger partial charge in [-0.25, -0.2) is 8.42 Å². The topological polar surface area (TPSA) is 77.3 Å². The molecule has 1 aliphatic heterocycles. The monoisotopic (exact) mass is 426 g/mol. The summed E-state index contributed by atoms with van der Waals surface area (Å²) < 4.78 is 35.0. The number of sulfonamides is 1. The van der Waals surface area contributed by atoms with Crippen molar-refractivity contribution in [2.75, 3.05) is 20.2 Å². The SMILES string of the molecule is COc1ccccc1-c1cccc(C2CCCN(S(=O)(=O)c3cn(C)nc3C)C2)n1. The molecule has 1 atom stereocenters. The molecule has 3 heterocycles. The van der Waals surface area contributed by atoms with E-state index in [0.717, 1.165) is 35.5 Å². The number of aromatic nitrogens is 3. The summed E-state index contributed by atoms with van der Waals surface area (Å²) in [6.07, 6.45) is 3.28. The van der Waals surface area contributed by atoms with E-state index in [0.29, 0.717) is 18.8 Å². The summed E-state index contributed by atoms with van der Waals surface area (Å²) in [5.74, 6) is 0.808. The first-order valence-electron chi connectivity index (χ1n) is 10.0. The molecule has 1 unspecified atom stereocenters. The molecule has 2 aromatic heterocycles. The van der Waals surface area contributed by atoms with E-state index in [9.17, 15) is 8.42 Å². The number of methoxy groups -OCH3 is 1. The van der Waals surface area contributed by atoms with Crippen molar-refractivity contribution in [3.8, 4) is 17.0 Å². The molecule has 0 N–H and O–H groups in total. The maximum absolute atomic E-state index is 13.2. The first-order valence-corrected chi connectivity index (χ1v) is 11.4. The lowest BCUT2D eigenvalue weighted by molar-refractivity contribution is 0.312. The Balaban J connectivity index is 1.62. The third-order valence-electron chi connectivity index (χ3n) is 5.54. The molecule has 30 heavy (non-hydrogen) atoms. The highest BCUT2D eigenvalue weighted by Crippen LogP contribution is 2.33. The van der Waals surface area contributed by atoms with Gasteiger partial charge in [0.2, 0.25) is 10.0 Å². The van der Waals surface area contributed by atoms with Crippen molar-refractivity contribution in [3.05, 3.63) is 60.0 Å². The van der Waals surface area contributed by atoms with E-state index < -0.39 is 10.0 Å². The number of hydrogen-bond acceptors (Lipinski definition) is 5. The van der Waals surface area contributed by atoms with Gasteiger partial charge in [0, 0.05) is 43.5 Å². The normalized spacial score (nSPS) is 17.8. The smallest absolute Gasteiger partial charge is 0.246 e. The van der Waals surface area contributed by atoms with Gasteiger partial charge in [0.05, 0.1) is 18.5 Å². The Morgan fingerprint density at radius 3 is 2.67 bits per heavy atom. The lowest BCUT2D eigenvalue weighted by Crippen LogP contribution is -2.39. The molecule has 0 spiro atoms. The highest BCUT2D eigenvalue weighted by Gasteiger charge is 2.33. The molecule has 0 amide bonds. The van der Waals surface area contributed by atoms with Crippen LogP contribution in [0.25, 0.3) is 11.3 Å². The van der Waals surface area contributed by atoms with Gasteiger partial charge in [0.1, 0.15) is 10.6 Å². The minimum absolute atomic E-state index is 0.0418. The molecular formula is C22H26N4O3S. The molecule has 1 saturated heterocycles. The van der Waals surface area contributed by atoms with Crippen molar-refractivity contribution < 1.29 is 13.2 Å². The summed E-state index contributed by atoms with van der Waals surface area (Å²) in [5.41, 5.74) is 3.18. The second kappa shape index (κ2) is 8.20. The third-order valence-corrected chi connectivity index (χ3v) is 7.51. The van der Waals surface area contributed by atoms with Crippen LogP contribution in [0.2, 0.25) is 0 Å². The van der Waals surface area contributed by atoms with Gasteiger partial charge >= 0.3 is 0 Å². The van der Waals surface area contributed by atoms with Gasteiger partial charge in [-0.05, 0) is 44.0 Å². The number of pyridine rings is 1. The molecule has 0 bridgehead atoms. The third kappa shape index (κ3) is 3.85. The van der Waals surface area contributed by atoms with Crippen LogP contribution in [0.5, 0.6) is 5.75 Å². The molecule has 4 rings (SSSR count). The van der Waals surface area contributed by atoms with Crippen LogP contribution in [-0.2, 0) is 17.1 Å². The summed E-state index contributed by atoms with van der Waals surface area (Å²) in [7, 11) is -0.203. The predicted molar refractivity (Wildman–Crippen MR) is 115 cm³/mol. The number of hydrogen-bond donors (Lipinski definition) is 0. The number of aryl methyl sites for hydroxylation is 2. The summed E-state index contributed by atoms with van der Waals surface area (Å²) in [4.78, 5) is 5.15. The molecule has 1 aliphatic rings. The van der Waals surface area contributed by atoms with Gasteiger partial charge in [-0.2, -0.15) is 9.40 Å². The maximum atomic E-state index is 13.2. The van der Waals surface area contributed by atoms with E-state index in [1.54, 1.807) is 36.3 Å². The largest absolute Gasteiger partial charge is 0.496 e. The molecule has 7 nitrogen and oxygen atoms in total. The van der Waals surface area contributed by atoms with Crippen molar-refractivity contribution in [3.63, 3.8) is 0 Å². The van der Waals surface area contributed by atoms with Crippen molar-refractivity contribution in [1.82, 2.24) is 19.1 Å². The van der Waals surface area contributed by atoms with Gasteiger partial charge < -0.3 is 4.74 Å². The summed E-state index contributed by atoms with van der Waals surface area (Å²) in [5, 5.41) is 4.20. The maximum Gasteiger partial charge on any atom is 0.246 e. The second-order valence-corrected chi connectivity index (χ2v) is 9.51. The summed E-state index contributed by atoms with van der Waals surface area (Å²) in [6.45, 7) is 2.66. The van der Waals surface area contributed by atoms with Crippen LogP contribution in [-0.4, -0.2) is 47.7 Å². The van der Waals surface area contributed by atoms with E-state index in [1.165, 1.54) is 0 Å². The van der Waals surface area contributed by atoms with E-state index in [1.807, 2.05) is 42.5 Å². The zero-order valence-corrected chi connectivity index (χ0v) is 18.3. The second-order valence-electron chi connectivity index (χ2n) is 7.60. The number of para-hydroxylation sites is 1. The quantitative estimate of drug-likeness (QED) is 0.625. The zero-order chi connectivity index (χ0) is 21.3. The van der Waals surface area contributed by atoms with Crippen LogP contribution >= 0.6 is 0 Å². The molecule has 158 valence electrons. The van der Waals surface area contributed by atoms with Crippen LogP contribution in [0.4, 0.5) is 0 Å². The Labute approximate surface area is 177 Å². The standard InChI is InChI=1S/C22H26N4O3S/c1-16-22(15-25(2)24-16)30(27,28)26-13-7-8-17(14-26)19-10-6-11-20(23-19)18-9-4-5-12-21(18)29-3/h4-6,9-12,15,17H,7-8,13-14H2,1-3H3. The molecule has 0 radical (unpaired) electrons.